The zero-order chi connectivity index (χ0) is 21.6. The molecule has 9 atom stereocenters. The maximum Gasteiger partial charge on any atom is 0.190 e. The van der Waals surface area contributed by atoms with Crippen LogP contribution in [0.2, 0.25) is 0 Å². The molecule has 0 aliphatic heterocycles. The van der Waals surface area contributed by atoms with Gasteiger partial charge in [-0.15, -0.1) is 0 Å². The number of rotatable bonds is 2. The normalized spacial score (nSPS) is 53.7. The second kappa shape index (κ2) is 6.05. The minimum atomic E-state index is -2.24. The van der Waals surface area contributed by atoms with Crippen molar-refractivity contribution in [3.63, 3.8) is 0 Å². The molecule has 5 nitrogen and oxygen atoms in total. The molecule has 1 unspecified atom stereocenters. The lowest BCUT2D eigenvalue weighted by Gasteiger charge is -2.63. The van der Waals surface area contributed by atoms with Crippen molar-refractivity contribution in [3.8, 4) is 0 Å². The fraction of sp³-hybridized carbons (Fsp3) is 0.727. The first-order valence-electron chi connectivity index (χ1n) is 10.2. The number of hydrogen-bond donors (Lipinski definition) is 3. The molecule has 160 valence electrons. The van der Waals surface area contributed by atoms with Crippen LogP contribution in [0.3, 0.4) is 0 Å². The molecule has 4 rings (SSSR count). The second-order valence-electron chi connectivity index (χ2n) is 9.84. The van der Waals surface area contributed by atoms with E-state index in [-0.39, 0.29) is 24.8 Å². The van der Waals surface area contributed by atoms with E-state index in [4.69, 9.17) is 0 Å². The summed E-state index contributed by atoms with van der Waals surface area (Å²) >= 11 is 0. The number of fused-ring (bicyclic) bond motifs is 5. The highest BCUT2D eigenvalue weighted by atomic mass is 19.1. The van der Waals surface area contributed by atoms with Gasteiger partial charge in [-0.2, -0.15) is 0 Å². The molecule has 4 aliphatic rings. The fourth-order valence-electron chi connectivity index (χ4n) is 7.25. The largest absolute Gasteiger partial charge is 0.390 e. The van der Waals surface area contributed by atoms with Gasteiger partial charge in [-0.25, -0.2) is 8.78 Å². The van der Waals surface area contributed by atoms with Crippen molar-refractivity contribution in [2.75, 3.05) is 6.61 Å². The highest BCUT2D eigenvalue weighted by Gasteiger charge is 2.76. The number of aliphatic hydroxyl groups is 3. The number of aliphatic hydroxyl groups excluding tert-OH is 2. The van der Waals surface area contributed by atoms with Crippen molar-refractivity contribution in [1.29, 1.82) is 0 Å². The monoisotopic (exact) mass is 410 g/mol. The molecule has 3 fully saturated rings. The van der Waals surface area contributed by atoms with Crippen LogP contribution in [0.5, 0.6) is 0 Å². The third-order valence-corrected chi connectivity index (χ3v) is 8.78. The Labute approximate surface area is 168 Å². The van der Waals surface area contributed by atoms with Gasteiger partial charge in [0.1, 0.15) is 18.4 Å². The Balaban J connectivity index is 1.87. The molecule has 0 aromatic carbocycles. The van der Waals surface area contributed by atoms with E-state index in [0.29, 0.717) is 0 Å². The molecule has 0 amide bonds. The summed E-state index contributed by atoms with van der Waals surface area (Å²) in [4.78, 5) is 24.3. The highest BCUT2D eigenvalue weighted by molar-refractivity contribution is 6.01. The number of allylic oxidation sites excluding steroid dienone is 4. The van der Waals surface area contributed by atoms with Crippen LogP contribution in [0, 0.1) is 28.6 Å². The topological polar surface area (TPSA) is 94.8 Å². The van der Waals surface area contributed by atoms with Crippen LogP contribution in [0.1, 0.15) is 40.0 Å². The SMILES string of the molecule is C[C@H]1C[C@H]2[C@@H]3C[C@H](F)C4=CC(=O)C=C[C@]4(C)C3(F)[C@@H](O)C[C@]2(C)[C@@]1(O)C(=O)CO. The summed E-state index contributed by atoms with van der Waals surface area (Å²) in [6.45, 7) is 3.96. The summed E-state index contributed by atoms with van der Waals surface area (Å²) in [7, 11) is 0. The smallest absolute Gasteiger partial charge is 0.190 e. The molecule has 3 N–H and O–H groups in total. The van der Waals surface area contributed by atoms with Gasteiger partial charge in [0.05, 0.1) is 6.10 Å². The van der Waals surface area contributed by atoms with Crippen LogP contribution < -0.4 is 0 Å². The quantitative estimate of drug-likeness (QED) is 0.646. The average Bonchev–Trinajstić information content (AvgIpc) is 2.86. The minimum Gasteiger partial charge on any atom is -0.390 e. The van der Waals surface area contributed by atoms with Crippen LogP contribution in [-0.4, -0.2) is 57.0 Å². The Morgan fingerprint density at radius 3 is 2.55 bits per heavy atom. The van der Waals surface area contributed by atoms with Crippen molar-refractivity contribution in [1.82, 2.24) is 0 Å². The Hall–Kier alpha value is -1.44. The highest BCUT2D eigenvalue weighted by Crippen LogP contribution is 2.70. The lowest BCUT2D eigenvalue weighted by molar-refractivity contribution is -0.223. The van der Waals surface area contributed by atoms with Crippen molar-refractivity contribution in [2.45, 2.75) is 63.6 Å². The summed E-state index contributed by atoms with van der Waals surface area (Å²) in [6.07, 6.45) is 0.427. The number of carbonyl (C=O) groups is 2. The van der Waals surface area contributed by atoms with Crippen molar-refractivity contribution >= 4 is 11.6 Å². The Kier molecular flexibility index (Phi) is 4.34. The van der Waals surface area contributed by atoms with Crippen LogP contribution in [0.25, 0.3) is 0 Å². The number of Topliss-reactive ketones (excluding diaryl/α,β-unsaturated/α-hetero) is 1. The molecular formula is C22H28F2O5. The van der Waals surface area contributed by atoms with Gasteiger partial charge in [-0.1, -0.05) is 19.9 Å². The minimum absolute atomic E-state index is 0.0409. The van der Waals surface area contributed by atoms with E-state index in [9.17, 15) is 24.9 Å². The first kappa shape index (κ1) is 20.8. The van der Waals surface area contributed by atoms with Crippen molar-refractivity contribution < 1.29 is 33.7 Å². The van der Waals surface area contributed by atoms with E-state index in [1.165, 1.54) is 19.1 Å². The summed E-state index contributed by atoms with van der Waals surface area (Å²) in [5.74, 6) is -3.24. The van der Waals surface area contributed by atoms with Gasteiger partial charge < -0.3 is 15.3 Å². The molecule has 0 radical (unpaired) electrons. The molecule has 3 saturated carbocycles. The molecule has 4 aliphatic carbocycles. The summed E-state index contributed by atoms with van der Waals surface area (Å²) < 4.78 is 32.1. The van der Waals surface area contributed by atoms with Crippen LogP contribution >= 0.6 is 0 Å². The third-order valence-electron chi connectivity index (χ3n) is 8.78. The zero-order valence-electron chi connectivity index (χ0n) is 16.9. The van der Waals surface area contributed by atoms with E-state index < -0.39 is 70.3 Å². The van der Waals surface area contributed by atoms with E-state index in [2.05, 4.69) is 0 Å². The van der Waals surface area contributed by atoms with Gasteiger partial charge in [0.2, 0.25) is 0 Å². The number of halogens is 2. The Morgan fingerprint density at radius 1 is 1.28 bits per heavy atom. The number of hydrogen-bond acceptors (Lipinski definition) is 5. The van der Waals surface area contributed by atoms with Crippen molar-refractivity contribution in [2.24, 2.45) is 28.6 Å². The fourth-order valence-corrected chi connectivity index (χ4v) is 7.25. The lowest BCUT2D eigenvalue weighted by atomic mass is 9.44. The average molecular weight is 410 g/mol. The van der Waals surface area contributed by atoms with E-state index in [1.807, 2.05) is 0 Å². The van der Waals surface area contributed by atoms with E-state index >= 15 is 8.78 Å². The van der Waals surface area contributed by atoms with E-state index in [0.717, 1.165) is 6.08 Å². The van der Waals surface area contributed by atoms with Gasteiger partial charge in [-0.3, -0.25) is 9.59 Å². The van der Waals surface area contributed by atoms with E-state index in [1.54, 1.807) is 13.8 Å². The molecule has 0 aromatic heterocycles. The predicted molar refractivity (Wildman–Crippen MR) is 100 cm³/mol. The summed E-state index contributed by atoms with van der Waals surface area (Å²) in [5, 5.41) is 31.9. The maximum absolute atomic E-state index is 16.9. The number of carbonyl (C=O) groups excluding carboxylic acids is 2. The zero-order valence-corrected chi connectivity index (χ0v) is 16.9. The van der Waals surface area contributed by atoms with Gasteiger partial charge in [0, 0.05) is 16.7 Å². The Bertz CT molecular complexity index is 839. The first-order valence-corrected chi connectivity index (χ1v) is 10.2. The maximum atomic E-state index is 16.9. The third kappa shape index (κ3) is 2.19. The lowest BCUT2D eigenvalue weighted by Crippen LogP contribution is -2.70. The molecule has 29 heavy (non-hydrogen) atoms. The van der Waals surface area contributed by atoms with Gasteiger partial charge in [0.15, 0.2) is 17.2 Å². The summed E-state index contributed by atoms with van der Waals surface area (Å²) in [5.41, 5.74) is -6.81. The van der Waals surface area contributed by atoms with Gasteiger partial charge >= 0.3 is 0 Å². The Morgan fingerprint density at radius 2 is 1.93 bits per heavy atom. The van der Waals surface area contributed by atoms with Crippen molar-refractivity contribution in [3.05, 3.63) is 23.8 Å². The van der Waals surface area contributed by atoms with Crippen LogP contribution in [0.4, 0.5) is 8.78 Å². The summed E-state index contributed by atoms with van der Waals surface area (Å²) in [6, 6.07) is 0. The molecule has 0 spiro atoms. The first-order chi connectivity index (χ1) is 13.4. The molecule has 7 heteroatoms. The predicted octanol–water partition coefficient (Wildman–Crippen LogP) is 1.84. The molecular weight excluding hydrogens is 382 g/mol. The van der Waals surface area contributed by atoms with Crippen LogP contribution in [-0.2, 0) is 9.59 Å². The van der Waals surface area contributed by atoms with Gasteiger partial charge in [-0.05, 0) is 55.7 Å². The second-order valence-corrected chi connectivity index (χ2v) is 9.84. The number of ketones is 2. The van der Waals surface area contributed by atoms with Gasteiger partial charge in [0.25, 0.3) is 0 Å². The van der Waals surface area contributed by atoms with Crippen LogP contribution in [0.15, 0.2) is 23.8 Å². The molecule has 0 heterocycles. The molecule has 0 bridgehead atoms. The number of alkyl halides is 2. The molecule has 0 saturated heterocycles. The standard InChI is InChI=1S/C22H28F2O5/c1-11-6-13-14-8-16(23)15-7-12(26)4-5-19(15,2)21(14,24)17(27)9-20(13,3)22(11,29)18(28)10-25/h4-5,7,11,13-14,16-17,25,27,29H,6,8-10H2,1-3H3/t11-,13-,14-,16-,17-,19-,20-,21?,22-/m0/s1. The molecule has 0 aromatic rings.